The van der Waals surface area contributed by atoms with Gasteiger partial charge in [0.1, 0.15) is 5.75 Å². The van der Waals surface area contributed by atoms with Gasteiger partial charge in [-0.1, -0.05) is 41.9 Å². The Hall–Kier alpha value is -3.97. The second-order valence-corrected chi connectivity index (χ2v) is 6.87. The maximum absolute atomic E-state index is 12.2. The highest BCUT2D eigenvalue weighted by molar-refractivity contribution is 6.39. The number of hydrazone groups is 1. The van der Waals surface area contributed by atoms with E-state index in [4.69, 9.17) is 16.3 Å². The first-order valence-corrected chi connectivity index (χ1v) is 9.58. The van der Waals surface area contributed by atoms with E-state index in [1.54, 1.807) is 60.7 Å². The van der Waals surface area contributed by atoms with E-state index in [9.17, 15) is 14.4 Å². The van der Waals surface area contributed by atoms with Gasteiger partial charge in [0.15, 0.2) is 0 Å². The summed E-state index contributed by atoms with van der Waals surface area (Å²) >= 11 is 5.81. The zero-order chi connectivity index (χ0) is 22.2. The van der Waals surface area contributed by atoms with Crippen molar-refractivity contribution in [3.63, 3.8) is 0 Å². The Morgan fingerprint density at radius 1 is 0.935 bits per heavy atom. The molecule has 0 unspecified atom stereocenters. The lowest BCUT2D eigenvalue weighted by Gasteiger charge is -2.06. The number of halogens is 1. The molecule has 3 aromatic carbocycles. The summed E-state index contributed by atoms with van der Waals surface area (Å²) in [7, 11) is 0. The minimum atomic E-state index is -0.912. The van der Waals surface area contributed by atoms with Crippen molar-refractivity contribution in [2.75, 3.05) is 5.32 Å². The molecule has 0 atom stereocenters. The topological polar surface area (TPSA) is 96.9 Å². The number of para-hydroxylation sites is 1. The van der Waals surface area contributed by atoms with Crippen molar-refractivity contribution < 1.29 is 19.1 Å². The van der Waals surface area contributed by atoms with Crippen molar-refractivity contribution in [3.05, 3.63) is 94.5 Å². The number of nitrogens with zero attached hydrogens (tertiary/aromatic N) is 1. The largest absolute Gasteiger partial charge is 0.423 e. The van der Waals surface area contributed by atoms with Crippen LogP contribution in [0, 0.1) is 6.92 Å². The molecule has 0 saturated carbocycles. The summed E-state index contributed by atoms with van der Waals surface area (Å²) in [5, 5.41) is 6.81. The fraction of sp³-hybridized carbons (Fsp3) is 0.0435. The number of rotatable bonds is 5. The number of amides is 2. The summed E-state index contributed by atoms with van der Waals surface area (Å²) in [6, 6.07) is 20.0. The second kappa shape index (κ2) is 10.2. The van der Waals surface area contributed by atoms with Gasteiger partial charge in [0.25, 0.3) is 0 Å². The summed E-state index contributed by atoms with van der Waals surface area (Å²) < 4.78 is 5.33. The minimum Gasteiger partial charge on any atom is -0.423 e. The number of carbonyl (C=O) groups excluding carboxylic acids is 3. The first kappa shape index (κ1) is 21.7. The molecule has 0 bridgehead atoms. The van der Waals surface area contributed by atoms with Crippen molar-refractivity contribution in [3.8, 4) is 5.75 Å². The number of anilines is 1. The number of aryl methyl sites for hydroxylation is 1. The lowest BCUT2D eigenvalue weighted by Crippen LogP contribution is -2.32. The third-order valence-electron chi connectivity index (χ3n) is 4.13. The smallest absolute Gasteiger partial charge is 0.343 e. The fourth-order valence-corrected chi connectivity index (χ4v) is 2.64. The zero-order valence-electron chi connectivity index (χ0n) is 16.5. The molecular weight excluding hydrogens is 418 g/mol. The predicted molar refractivity (Wildman–Crippen MR) is 118 cm³/mol. The Bertz CT molecular complexity index is 1140. The Balaban J connectivity index is 1.57. The highest BCUT2D eigenvalue weighted by atomic mass is 35.5. The maximum atomic E-state index is 12.2. The van der Waals surface area contributed by atoms with Gasteiger partial charge in [-0.2, -0.15) is 5.10 Å². The molecule has 0 aromatic heterocycles. The second-order valence-electron chi connectivity index (χ2n) is 6.44. The van der Waals surface area contributed by atoms with Gasteiger partial charge >= 0.3 is 17.8 Å². The quantitative estimate of drug-likeness (QED) is 0.208. The number of nitrogens with one attached hydrogen (secondary N) is 2. The average Bonchev–Trinajstić information content (AvgIpc) is 2.76. The molecule has 3 aromatic rings. The number of esters is 1. The third-order valence-corrected chi connectivity index (χ3v) is 4.38. The van der Waals surface area contributed by atoms with Gasteiger partial charge in [-0.25, -0.2) is 10.2 Å². The van der Waals surface area contributed by atoms with Crippen molar-refractivity contribution in [2.45, 2.75) is 6.92 Å². The molecule has 2 N–H and O–H groups in total. The van der Waals surface area contributed by atoms with Crippen LogP contribution in [0.5, 0.6) is 5.75 Å². The van der Waals surface area contributed by atoms with Gasteiger partial charge in [-0.3, -0.25) is 9.59 Å². The molecule has 0 aliphatic rings. The van der Waals surface area contributed by atoms with Gasteiger partial charge < -0.3 is 10.1 Å². The van der Waals surface area contributed by atoms with Crippen LogP contribution in [0.2, 0.25) is 5.02 Å². The molecule has 156 valence electrons. The maximum Gasteiger partial charge on any atom is 0.343 e. The summed E-state index contributed by atoms with van der Waals surface area (Å²) in [6.45, 7) is 1.82. The standard InChI is InChI=1S/C23H18ClN3O4/c1-15-5-2-3-8-20(15)26-21(28)22(29)27-25-14-16-6-4-7-19(13-16)31-23(30)17-9-11-18(24)12-10-17/h2-14H,1H3,(H,26,28)(H,27,29)/b25-14-. The molecule has 0 spiro atoms. The Kier molecular flexibility index (Phi) is 7.13. The lowest BCUT2D eigenvalue weighted by atomic mass is 10.2. The average molecular weight is 436 g/mol. The number of hydrogen-bond donors (Lipinski definition) is 2. The molecule has 0 heterocycles. The SMILES string of the molecule is Cc1ccccc1NC(=O)C(=O)N/N=C\c1cccc(OC(=O)c2ccc(Cl)cc2)c1. The fourth-order valence-electron chi connectivity index (χ4n) is 2.52. The van der Waals surface area contributed by atoms with Gasteiger partial charge in [-0.05, 0) is 60.5 Å². The van der Waals surface area contributed by atoms with Crippen LogP contribution in [0.25, 0.3) is 0 Å². The molecule has 3 rings (SSSR count). The first-order valence-electron chi connectivity index (χ1n) is 9.20. The van der Waals surface area contributed by atoms with Gasteiger partial charge in [-0.15, -0.1) is 0 Å². The van der Waals surface area contributed by atoms with E-state index in [2.05, 4.69) is 15.8 Å². The summed E-state index contributed by atoms with van der Waals surface area (Å²) in [4.78, 5) is 36.1. The highest BCUT2D eigenvalue weighted by Gasteiger charge is 2.13. The van der Waals surface area contributed by atoms with E-state index in [1.165, 1.54) is 6.21 Å². The van der Waals surface area contributed by atoms with E-state index in [1.807, 2.05) is 19.1 Å². The van der Waals surface area contributed by atoms with Crippen molar-refractivity contribution in [2.24, 2.45) is 5.10 Å². The molecule has 31 heavy (non-hydrogen) atoms. The summed E-state index contributed by atoms with van der Waals surface area (Å²) in [5.74, 6) is -1.98. The van der Waals surface area contributed by atoms with E-state index in [0.29, 0.717) is 27.6 Å². The predicted octanol–water partition coefficient (Wildman–Crippen LogP) is 3.96. The van der Waals surface area contributed by atoms with Crippen molar-refractivity contribution in [1.29, 1.82) is 0 Å². The van der Waals surface area contributed by atoms with Crippen molar-refractivity contribution in [1.82, 2.24) is 5.43 Å². The van der Waals surface area contributed by atoms with E-state index < -0.39 is 17.8 Å². The van der Waals surface area contributed by atoms with Gasteiger partial charge in [0, 0.05) is 10.7 Å². The highest BCUT2D eigenvalue weighted by Crippen LogP contribution is 2.16. The van der Waals surface area contributed by atoms with Crippen LogP contribution in [-0.4, -0.2) is 24.0 Å². The monoisotopic (exact) mass is 435 g/mol. The van der Waals surface area contributed by atoms with Crippen molar-refractivity contribution >= 4 is 41.3 Å². The zero-order valence-corrected chi connectivity index (χ0v) is 17.2. The molecule has 2 amide bonds. The molecule has 0 fully saturated rings. The number of hydrogen-bond acceptors (Lipinski definition) is 5. The molecule has 0 radical (unpaired) electrons. The van der Waals surface area contributed by atoms with Crippen LogP contribution in [-0.2, 0) is 9.59 Å². The van der Waals surface area contributed by atoms with E-state index in [0.717, 1.165) is 5.56 Å². The Labute approximate surface area is 183 Å². The lowest BCUT2D eigenvalue weighted by molar-refractivity contribution is -0.136. The molecular formula is C23H18ClN3O4. The molecule has 0 aliphatic heterocycles. The van der Waals surface area contributed by atoms with Crippen LogP contribution >= 0.6 is 11.6 Å². The van der Waals surface area contributed by atoms with E-state index in [-0.39, 0.29) is 0 Å². The third kappa shape index (κ3) is 6.25. The molecule has 0 saturated heterocycles. The summed E-state index contributed by atoms with van der Waals surface area (Å²) in [6.07, 6.45) is 1.33. The van der Waals surface area contributed by atoms with Crippen LogP contribution in [0.1, 0.15) is 21.5 Å². The van der Waals surface area contributed by atoms with Crippen LogP contribution < -0.4 is 15.5 Å². The van der Waals surface area contributed by atoms with E-state index >= 15 is 0 Å². The molecule has 0 aliphatic carbocycles. The van der Waals surface area contributed by atoms with Crippen LogP contribution in [0.15, 0.2) is 77.9 Å². The Morgan fingerprint density at radius 3 is 2.42 bits per heavy atom. The molecule has 7 nitrogen and oxygen atoms in total. The Morgan fingerprint density at radius 2 is 1.68 bits per heavy atom. The number of carbonyl (C=O) groups is 3. The summed E-state index contributed by atoms with van der Waals surface area (Å²) in [5.41, 5.74) is 4.45. The normalized spacial score (nSPS) is 10.5. The number of ether oxygens (including phenoxy) is 1. The van der Waals surface area contributed by atoms with Gasteiger partial charge in [0.2, 0.25) is 0 Å². The van der Waals surface area contributed by atoms with Gasteiger partial charge in [0.05, 0.1) is 11.8 Å². The van der Waals surface area contributed by atoms with Crippen LogP contribution in [0.3, 0.4) is 0 Å². The number of benzene rings is 3. The minimum absolute atomic E-state index is 0.299. The van der Waals surface area contributed by atoms with Crippen LogP contribution in [0.4, 0.5) is 5.69 Å². The molecule has 8 heteroatoms. The first-order chi connectivity index (χ1) is 14.9.